The van der Waals surface area contributed by atoms with Crippen LogP contribution in [0.2, 0.25) is 0 Å². The molecule has 3 heteroatoms. The number of hydrogen-bond acceptors (Lipinski definition) is 2. The quantitative estimate of drug-likeness (QED) is 0.126. The first-order chi connectivity index (χ1) is 29.5. The van der Waals surface area contributed by atoms with Crippen molar-refractivity contribution in [1.82, 2.24) is 0 Å². The van der Waals surface area contributed by atoms with Gasteiger partial charge in [0.1, 0.15) is 0 Å². The Bertz CT molecular complexity index is 3230. The summed E-state index contributed by atoms with van der Waals surface area (Å²) in [6.45, 7) is 4.97. The van der Waals surface area contributed by atoms with E-state index >= 15 is 0 Å². The van der Waals surface area contributed by atoms with Crippen LogP contribution in [0.3, 0.4) is 0 Å². The van der Waals surface area contributed by atoms with E-state index in [0.29, 0.717) is 0 Å². The van der Waals surface area contributed by atoms with Crippen LogP contribution in [0.4, 0.5) is 0 Å². The van der Waals surface area contributed by atoms with E-state index in [1.165, 1.54) is 113 Å². The zero-order chi connectivity index (χ0) is 40.0. The van der Waals surface area contributed by atoms with Crippen LogP contribution in [-0.4, -0.2) is 6.71 Å². The third-order valence-corrected chi connectivity index (χ3v) is 15.6. The minimum absolute atomic E-state index is 0.0724. The van der Waals surface area contributed by atoms with Gasteiger partial charge in [0, 0.05) is 25.0 Å². The monoisotopic (exact) mass is 800 g/mol. The Morgan fingerprint density at radius 3 is 1.68 bits per heavy atom. The molecule has 2 aliphatic heterocycles. The smallest absolute Gasteiger partial charge is 0.0911 e. The first kappa shape index (κ1) is 35.9. The molecule has 3 aliphatic rings. The van der Waals surface area contributed by atoms with E-state index in [2.05, 4.69) is 202 Å². The third-order valence-electron chi connectivity index (χ3n) is 13.3. The molecule has 284 valence electrons. The van der Waals surface area contributed by atoms with E-state index in [4.69, 9.17) is 0 Å². The molecule has 2 heterocycles. The van der Waals surface area contributed by atoms with Crippen molar-refractivity contribution in [3.63, 3.8) is 0 Å². The first-order valence-corrected chi connectivity index (χ1v) is 22.8. The highest BCUT2D eigenvalue weighted by atomic mass is 32.2. The summed E-state index contributed by atoms with van der Waals surface area (Å²) in [6, 6.07) is 64.2. The largest absolute Gasteiger partial charge is 0.247 e. The lowest BCUT2D eigenvalue weighted by atomic mass is 9.36. The molecule has 60 heavy (non-hydrogen) atoms. The molecule has 0 fully saturated rings. The summed E-state index contributed by atoms with van der Waals surface area (Å²) in [7, 11) is 0. The molecule has 0 atom stereocenters. The molecule has 0 saturated carbocycles. The molecule has 9 aromatic rings. The Kier molecular flexibility index (Phi) is 8.41. The highest BCUT2D eigenvalue weighted by Crippen LogP contribution is 2.49. The maximum absolute atomic E-state index is 2.54. The predicted molar refractivity (Wildman–Crippen MR) is 261 cm³/mol. The minimum atomic E-state index is -0.0724. The maximum atomic E-state index is 2.54. The highest BCUT2D eigenvalue weighted by molar-refractivity contribution is 8.01. The summed E-state index contributed by atoms with van der Waals surface area (Å²) < 4.78 is 0. The van der Waals surface area contributed by atoms with Crippen LogP contribution in [0.25, 0.3) is 65.7 Å². The Hall–Kier alpha value is -6.00. The first-order valence-electron chi connectivity index (χ1n) is 21.2. The van der Waals surface area contributed by atoms with Crippen LogP contribution in [0.15, 0.2) is 213 Å². The third kappa shape index (κ3) is 5.56. The molecule has 9 aromatic carbocycles. The second kappa shape index (κ2) is 14.1. The van der Waals surface area contributed by atoms with Gasteiger partial charge in [0.05, 0.1) is 0 Å². The van der Waals surface area contributed by atoms with Crippen molar-refractivity contribution in [3.8, 4) is 33.4 Å². The Labute approximate surface area is 361 Å². The molecule has 0 spiro atoms. The lowest BCUT2D eigenvalue weighted by Gasteiger charge is -2.35. The number of fused-ring (bicyclic) bond motifs is 7. The molecule has 0 nitrogen and oxygen atoms in total. The molecule has 0 unspecified atom stereocenters. The standard InChI is InChI=1S/C57H41BS2/c1-57(2,38-19-7-4-8-20-38)39-29-32-51-49(35-39)58-48-27-15-16-28-50(48)59-52-33-37(34-53(60-51)56(52)58)54-43-23-11-13-25-45(43)55(46-26-14-12-24-44(46)54)47-31-30-40(36-17-5-3-6-18-36)41-21-9-10-22-42(41)47/h3,5-7,9-35H,4,8H2,1-2H3. The van der Waals surface area contributed by atoms with Gasteiger partial charge in [0.15, 0.2) is 0 Å². The zero-order valence-electron chi connectivity index (χ0n) is 33.7. The van der Waals surface area contributed by atoms with Crippen molar-refractivity contribution in [1.29, 1.82) is 0 Å². The fourth-order valence-electron chi connectivity index (χ4n) is 10.3. The summed E-state index contributed by atoms with van der Waals surface area (Å²) in [4.78, 5) is 5.45. The van der Waals surface area contributed by atoms with Crippen LogP contribution in [-0.2, 0) is 5.41 Å². The fourth-order valence-corrected chi connectivity index (χ4v) is 12.8. The van der Waals surface area contributed by atoms with Gasteiger partial charge in [-0.3, -0.25) is 0 Å². The minimum Gasteiger partial charge on any atom is -0.0911 e. The molecule has 0 aromatic heterocycles. The molecule has 1 aliphatic carbocycles. The van der Waals surface area contributed by atoms with Crippen molar-refractivity contribution < 1.29 is 0 Å². The molecule has 0 N–H and O–H groups in total. The van der Waals surface area contributed by atoms with Gasteiger partial charge in [-0.1, -0.05) is 212 Å². The highest BCUT2D eigenvalue weighted by Gasteiger charge is 2.39. The second-order valence-electron chi connectivity index (χ2n) is 17.0. The van der Waals surface area contributed by atoms with Crippen LogP contribution in [0.5, 0.6) is 0 Å². The Balaban J connectivity index is 1.07. The topological polar surface area (TPSA) is 0 Å². The number of benzene rings is 9. The Morgan fingerprint density at radius 1 is 0.450 bits per heavy atom. The summed E-state index contributed by atoms with van der Waals surface area (Å²) in [5, 5.41) is 7.67. The van der Waals surface area contributed by atoms with E-state index in [1.54, 1.807) is 0 Å². The molecule has 0 radical (unpaired) electrons. The fraction of sp³-hybridized carbons (Fsp3) is 0.0877. The number of rotatable bonds is 5. The van der Waals surface area contributed by atoms with Gasteiger partial charge in [0.2, 0.25) is 6.71 Å². The molecule has 12 rings (SSSR count). The van der Waals surface area contributed by atoms with Crippen LogP contribution < -0.4 is 16.4 Å². The van der Waals surface area contributed by atoms with E-state index in [9.17, 15) is 0 Å². The maximum Gasteiger partial charge on any atom is 0.247 e. The van der Waals surface area contributed by atoms with Gasteiger partial charge in [-0.05, 0) is 119 Å². The van der Waals surface area contributed by atoms with Crippen LogP contribution in [0, 0.1) is 0 Å². The lowest BCUT2D eigenvalue weighted by Crippen LogP contribution is -2.58. The predicted octanol–water partition coefficient (Wildman–Crippen LogP) is 14.1. The van der Waals surface area contributed by atoms with Crippen molar-refractivity contribution in [2.24, 2.45) is 0 Å². The van der Waals surface area contributed by atoms with Gasteiger partial charge >= 0.3 is 0 Å². The van der Waals surface area contributed by atoms with E-state index in [-0.39, 0.29) is 12.1 Å². The summed E-state index contributed by atoms with van der Waals surface area (Å²) in [5.74, 6) is 0. The summed E-state index contributed by atoms with van der Waals surface area (Å²) in [6.07, 6.45) is 9.39. The average Bonchev–Trinajstić information content (AvgIpc) is 3.30. The summed E-state index contributed by atoms with van der Waals surface area (Å²) in [5.41, 5.74) is 14.7. The van der Waals surface area contributed by atoms with Gasteiger partial charge in [-0.25, -0.2) is 0 Å². The molecular formula is C57H41BS2. The number of allylic oxidation sites excluding steroid dienone is 4. The molecular weight excluding hydrogens is 760 g/mol. The van der Waals surface area contributed by atoms with Crippen molar-refractivity contribution in [2.75, 3.05) is 0 Å². The Morgan fingerprint density at radius 2 is 1.02 bits per heavy atom. The number of hydrogen-bond donors (Lipinski definition) is 0. The normalized spacial score (nSPS) is 14.2. The molecule has 0 saturated heterocycles. The van der Waals surface area contributed by atoms with E-state index in [0.717, 1.165) is 12.8 Å². The summed E-state index contributed by atoms with van der Waals surface area (Å²) >= 11 is 3.90. The van der Waals surface area contributed by atoms with Crippen LogP contribution >= 0.6 is 23.5 Å². The van der Waals surface area contributed by atoms with E-state index in [1.807, 2.05) is 23.5 Å². The van der Waals surface area contributed by atoms with E-state index < -0.39 is 0 Å². The van der Waals surface area contributed by atoms with Crippen LogP contribution in [0.1, 0.15) is 32.3 Å². The van der Waals surface area contributed by atoms with Crippen molar-refractivity contribution in [2.45, 2.75) is 51.7 Å². The second-order valence-corrected chi connectivity index (χ2v) is 19.2. The molecule has 0 amide bonds. The SMILES string of the molecule is CC(C)(C1=CCCC=C1)c1ccc2c(c1)B1c3ccccc3Sc3cc(-c4c5ccccc5c(-c5ccc(-c6ccccc6)c6ccccc56)c5ccccc45)cc(c31)S2. The van der Waals surface area contributed by atoms with Gasteiger partial charge in [0.25, 0.3) is 0 Å². The van der Waals surface area contributed by atoms with Gasteiger partial charge in [-0.15, -0.1) is 0 Å². The van der Waals surface area contributed by atoms with Crippen molar-refractivity contribution in [3.05, 3.63) is 199 Å². The lowest BCUT2D eigenvalue weighted by molar-refractivity contribution is 0.631. The van der Waals surface area contributed by atoms with Gasteiger partial charge in [-0.2, -0.15) is 0 Å². The van der Waals surface area contributed by atoms with Gasteiger partial charge < -0.3 is 0 Å². The zero-order valence-corrected chi connectivity index (χ0v) is 35.3. The van der Waals surface area contributed by atoms with Crippen molar-refractivity contribution >= 4 is 78.9 Å². The average molecular weight is 801 g/mol. The molecule has 0 bridgehead atoms.